The number of hydrogen-bond donors (Lipinski definition) is 2. The molecule has 1 rings (SSSR count). The minimum absolute atomic E-state index is 0.170. The fraction of sp³-hybridized carbons (Fsp3) is 0.706. The van der Waals surface area contributed by atoms with Crippen molar-refractivity contribution in [2.24, 2.45) is 0 Å². The summed E-state index contributed by atoms with van der Waals surface area (Å²) in [4.78, 5) is 61.8. The van der Waals surface area contributed by atoms with Gasteiger partial charge in [-0.3, -0.25) is 24.1 Å². The van der Waals surface area contributed by atoms with Crippen molar-refractivity contribution in [1.29, 1.82) is 0 Å². The van der Waals surface area contributed by atoms with Gasteiger partial charge in [-0.25, -0.2) is 4.79 Å². The first kappa shape index (κ1) is 22.4. The van der Waals surface area contributed by atoms with Gasteiger partial charge in [0.05, 0.1) is 6.54 Å². The van der Waals surface area contributed by atoms with Crippen LogP contribution in [0, 0.1) is 0 Å². The predicted molar refractivity (Wildman–Crippen MR) is 95.5 cm³/mol. The van der Waals surface area contributed by atoms with Gasteiger partial charge in [0.25, 0.3) is 11.8 Å². The van der Waals surface area contributed by atoms with Crippen LogP contribution in [0.4, 0.5) is 4.79 Å². The second-order valence-corrected chi connectivity index (χ2v) is 6.49. The SMILES string of the molecule is CCCC1(CCC)NC(=O)N(CC(=O)OCC(=O)N(C)CC(=O)NC)C1=O. The van der Waals surface area contributed by atoms with Crippen molar-refractivity contribution >= 4 is 29.7 Å². The number of imide groups is 1. The molecule has 1 aliphatic rings. The number of esters is 1. The van der Waals surface area contributed by atoms with Crippen molar-refractivity contribution in [2.45, 2.75) is 45.1 Å². The number of ether oxygens (including phenoxy) is 1. The summed E-state index contributed by atoms with van der Waals surface area (Å²) in [5.74, 6) is -2.25. The molecule has 0 bridgehead atoms. The molecule has 0 aromatic heterocycles. The molecular weight excluding hydrogens is 356 g/mol. The molecule has 1 heterocycles. The number of likely N-dealkylation sites (N-methyl/N-ethyl adjacent to an activating group) is 2. The molecule has 1 aliphatic heterocycles. The highest BCUT2D eigenvalue weighted by atomic mass is 16.5. The Bertz CT molecular complexity index is 600. The monoisotopic (exact) mass is 384 g/mol. The molecule has 0 spiro atoms. The molecule has 0 aromatic rings. The van der Waals surface area contributed by atoms with Crippen LogP contribution >= 0.6 is 0 Å². The van der Waals surface area contributed by atoms with Gasteiger partial charge in [0.2, 0.25) is 5.91 Å². The van der Waals surface area contributed by atoms with E-state index in [4.69, 9.17) is 4.74 Å². The van der Waals surface area contributed by atoms with Gasteiger partial charge in [-0.2, -0.15) is 0 Å². The van der Waals surface area contributed by atoms with Crippen LogP contribution in [0.25, 0.3) is 0 Å². The van der Waals surface area contributed by atoms with E-state index in [0.29, 0.717) is 25.7 Å². The van der Waals surface area contributed by atoms with Gasteiger partial charge in [0, 0.05) is 14.1 Å². The van der Waals surface area contributed by atoms with E-state index in [-0.39, 0.29) is 12.5 Å². The molecule has 27 heavy (non-hydrogen) atoms. The zero-order valence-corrected chi connectivity index (χ0v) is 16.3. The van der Waals surface area contributed by atoms with E-state index in [9.17, 15) is 24.0 Å². The number of hydrogen-bond acceptors (Lipinski definition) is 6. The first-order valence-corrected chi connectivity index (χ1v) is 8.95. The Morgan fingerprint density at radius 3 is 2.30 bits per heavy atom. The second-order valence-electron chi connectivity index (χ2n) is 6.49. The summed E-state index contributed by atoms with van der Waals surface area (Å²) in [7, 11) is 2.84. The molecule has 0 aromatic carbocycles. The molecule has 0 atom stereocenters. The van der Waals surface area contributed by atoms with E-state index in [1.807, 2.05) is 13.8 Å². The van der Waals surface area contributed by atoms with Crippen molar-refractivity contribution in [3.05, 3.63) is 0 Å². The average molecular weight is 384 g/mol. The maximum Gasteiger partial charge on any atom is 0.326 e. The maximum atomic E-state index is 12.7. The second kappa shape index (κ2) is 9.89. The van der Waals surface area contributed by atoms with Gasteiger partial charge >= 0.3 is 12.0 Å². The van der Waals surface area contributed by atoms with Crippen LogP contribution in [0.3, 0.4) is 0 Å². The zero-order valence-electron chi connectivity index (χ0n) is 16.3. The number of urea groups is 1. The molecule has 1 saturated heterocycles. The highest BCUT2D eigenvalue weighted by Crippen LogP contribution is 2.27. The lowest BCUT2D eigenvalue weighted by Crippen LogP contribution is -2.47. The zero-order chi connectivity index (χ0) is 20.6. The van der Waals surface area contributed by atoms with Crippen LogP contribution in [0.2, 0.25) is 0 Å². The van der Waals surface area contributed by atoms with Crippen LogP contribution in [0.15, 0.2) is 0 Å². The summed E-state index contributed by atoms with van der Waals surface area (Å²) in [5.41, 5.74) is -0.982. The van der Waals surface area contributed by atoms with Crippen LogP contribution in [0.1, 0.15) is 39.5 Å². The lowest BCUT2D eigenvalue weighted by atomic mass is 9.88. The first-order valence-electron chi connectivity index (χ1n) is 8.95. The number of carbonyl (C=O) groups excluding carboxylic acids is 5. The van der Waals surface area contributed by atoms with Crippen molar-refractivity contribution < 1.29 is 28.7 Å². The number of rotatable bonds is 10. The molecule has 0 unspecified atom stereocenters. The fourth-order valence-corrected chi connectivity index (χ4v) is 2.95. The van der Waals surface area contributed by atoms with E-state index in [0.717, 1.165) is 9.80 Å². The summed E-state index contributed by atoms with van der Waals surface area (Å²) in [6.45, 7) is 2.51. The third-order valence-electron chi connectivity index (χ3n) is 4.33. The minimum Gasteiger partial charge on any atom is -0.454 e. The Morgan fingerprint density at radius 1 is 1.19 bits per heavy atom. The Morgan fingerprint density at radius 2 is 1.78 bits per heavy atom. The summed E-state index contributed by atoms with van der Waals surface area (Å²) >= 11 is 0. The summed E-state index contributed by atoms with van der Waals surface area (Å²) in [5, 5.41) is 5.07. The summed E-state index contributed by atoms with van der Waals surface area (Å²) < 4.78 is 4.85. The molecule has 5 amide bonds. The minimum atomic E-state index is -0.982. The van der Waals surface area contributed by atoms with E-state index >= 15 is 0 Å². The first-order chi connectivity index (χ1) is 12.7. The van der Waals surface area contributed by atoms with Gasteiger partial charge in [-0.15, -0.1) is 0 Å². The molecule has 10 heteroatoms. The van der Waals surface area contributed by atoms with E-state index < -0.39 is 42.5 Å². The Kier molecular flexibility index (Phi) is 8.20. The van der Waals surface area contributed by atoms with Crippen molar-refractivity contribution in [3.63, 3.8) is 0 Å². The fourth-order valence-electron chi connectivity index (χ4n) is 2.95. The lowest BCUT2D eigenvalue weighted by molar-refractivity contribution is -0.153. The molecule has 10 nitrogen and oxygen atoms in total. The molecule has 152 valence electrons. The van der Waals surface area contributed by atoms with Crippen LogP contribution in [-0.4, -0.2) is 78.9 Å². The highest BCUT2D eigenvalue weighted by molar-refractivity contribution is 6.08. The predicted octanol–water partition coefficient (Wildman–Crippen LogP) is -0.375. The van der Waals surface area contributed by atoms with E-state index in [1.165, 1.54) is 14.1 Å². The van der Waals surface area contributed by atoms with E-state index in [1.54, 1.807) is 0 Å². The summed E-state index contributed by atoms with van der Waals surface area (Å²) in [6.07, 6.45) is 2.38. The molecule has 2 N–H and O–H groups in total. The summed E-state index contributed by atoms with van der Waals surface area (Å²) in [6, 6.07) is -0.637. The normalized spacial score (nSPS) is 15.3. The number of nitrogens with one attached hydrogen (secondary N) is 2. The number of carbonyl (C=O) groups is 5. The average Bonchev–Trinajstić information content (AvgIpc) is 2.84. The van der Waals surface area contributed by atoms with Crippen molar-refractivity contribution in [1.82, 2.24) is 20.4 Å². The van der Waals surface area contributed by atoms with Crippen molar-refractivity contribution in [2.75, 3.05) is 33.8 Å². The number of amides is 5. The van der Waals surface area contributed by atoms with Crippen LogP contribution < -0.4 is 10.6 Å². The highest BCUT2D eigenvalue weighted by Gasteiger charge is 2.50. The van der Waals surface area contributed by atoms with Gasteiger partial charge < -0.3 is 20.3 Å². The third-order valence-corrected chi connectivity index (χ3v) is 4.33. The quantitative estimate of drug-likeness (QED) is 0.391. The molecule has 0 radical (unpaired) electrons. The van der Waals surface area contributed by atoms with Crippen LogP contribution in [0.5, 0.6) is 0 Å². The molecule has 0 aliphatic carbocycles. The number of nitrogens with zero attached hydrogens (tertiary/aromatic N) is 2. The van der Waals surface area contributed by atoms with Crippen molar-refractivity contribution in [3.8, 4) is 0 Å². The van der Waals surface area contributed by atoms with Gasteiger partial charge in [-0.1, -0.05) is 26.7 Å². The molecular formula is C17H28N4O6. The van der Waals surface area contributed by atoms with Gasteiger partial charge in [0.1, 0.15) is 12.1 Å². The van der Waals surface area contributed by atoms with Gasteiger partial charge in [-0.05, 0) is 12.8 Å². The van der Waals surface area contributed by atoms with E-state index in [2.05, 4.69) is 10.6 Å². The Labute approximate surface area is 158 Å². The topological polar surface area (TPSA) is 125 Å². The molecule has 1 fully saturated rings. The lowest BCUT2D eigenvalue weighted by Gasteiger charge is -2.25. The molecule has 0 saturated carbocycles. The standard InChI is InChI=1S/C17H28N4O6/c1-5-7-17(8-6-2)15(25)21(16(26)19-17)10-14(24)27-11-13(23)20(4)9-12(22)18-3/h5-11H2,1-4H3,(H,18,22)(H,19,26). The largest absolute Gasteiger partial charge is 0.454 e. The Hall–Kier alpha value is -2.65. The maximum absolute atomic E-state index is 12.7. The third kappa shape index (κ3) is 5.66. The smallest absolute Gasteiger partial charge is 0.326 e. The Balaban J connectivity index is 2.61. The van der Waals surface area contributed by atoms with Gasteiger partial charge in [0.15, 0.2) is 6.61 Å². The van der Waals surface area contributed by atoms with Crippen LogP contribution in [-0.2, 0) is 23.9 Å².